The van der Waals surface area contributed by atoms with Crippen molar-refractivity contribution in [1.29, 1.82) is 0 Å². The molecule has 0 aromatic carbocycles. The molecule has 0 saturated carbocycles. The number of aromatic nitrogens is 1. The van der Waals surface area contributed by atoms with Crippen molar-refractivity contribution >= 4 is 5.82 Å². The zero-order valence-electron chi connectivity index (χ0n) is 11.6. The summed E-state index contributed by atoms with van der Waals surface area (Å²) in [5, 5.41) is 0. The third kappa shape index (κ3) is 3.22. The Bertz CT molecular complexity index is 376. The molecule has 3 nitrogen and oxygen atoms in total. The van der Waals surface area contributed by atoms with Crippen LogP contribution in [0.15, 0.2) is 18.3 Å². The van der Waals surface area contributed by atoms with Gasteiger partial charge in [-0.1, -0.05) is 13.8 Å². The largest absolute Gasteiger partial charge is 0.357 e. The van der Waals surface area contributed by atoms with E-state index >= 15 is 0 Å². The monoisotopic (exact) mass is 247 g/mol. The van der Waals surface area contributed by atoms with Crippen molar-refractivity contribution in [1.82, 2.24) is 4.98 Å². The summed E-state index contributed by atoms with van der Waals surface area (Å²) in [6, 6.07) is 4.13. The van der Waals surface area contributed by atoms with Gasteiger partial charge >= 0.3 is 0 Å². The fourth-order valence-electron chi connectivity index (χ4n) is 2.78. The van der Waals surface area contributed by atoms with Crippen molar-refractivity contribution in [2.24, 2.45) is 17.6 Å². The van der Waals surface area contributed by atoms with Gasteiger partial charge in [-0.25, -0.2) is 4.98 Å². The Labute approximate surface area is 110 Å². The minimum Gasteiger partial charge on any atom is -0.357 e. The second kappa shape index (κ2) is 6.19. The van der Waals surface area contributed by atoms with Crippen LogP contribution in [0.2, 0.25) is 0 Å². The third-order valence-electron chi connectivity index (χ3n) is 4.09. The van der Waals surface area contributed by atoms with Gasteiger partial charge in [-0.05, 0) is 48.8 Å². The van der Waals surface area contributed by atoms with Crippen molar-refractivity contribution in [3.63, 3.8) is 0 Å². The molecule has 2 rings (SSSR count). The minimum absolute atomic E-state index is 0.595. The predicted molar refractivity (Wildman–Crippen MR) is 76.5 cm³/mol. The Kier molecular flexibility index (Phi) is 4.59. The summed E-state index contributed by atoms with van der Waals surface area (Å²) < 4.78 is 0. The fraction of sp³-hybridized carbons (Fsp3) is 0.667. The van der Waals surface area contributed by atoms with Crippen LogP contribution in [0.3, 0.4) is 0 Å². The highest BCUT2D eigenvalue weighted by atomic mass is 15.2. The van der Waals surface area contributed by atoms with Gasteiger partial charge in [-0.3, -0.25) is 0 Å². The van der Waals surface area contributed by atoms with E-state index in [4.69, 9.17) is 5.73 Å². The zero-order chi connectivity index (χ0) is 13.0. The summed E-state index contributed by atoms with van der Waals surface area (Å²) in [5.74, 6) is 2.77. The molecule has 1 saturated heterocycles. The lowest BCUT2D eigenvalue weighted by Gasteiger charge is -2.22. The molecule has 1 aromatic heterocycles. The highest BCUT2D eigenvalue weighted by Gasteiger charge is 2.20. The quantitative estimate of drug-likeness (QED) is 0.893. The molecule has 0 aliphatic carbocycles. The van der Waals surface area contributed by atoms with Gasteiger partial charge in [0.15, 0.2) is 0 Å². The smallest absolute Gasteiger partial charge is 0.128 e. The highest BCUT2D eigenvalue weighted by Crippen LogP contribution is 2.26. The van der Waals surface area contributed by atoms with Gasteiger partial charge in [-0.15, -0.1) is 0 Å². The zero-order valence-corrected chi connectivity index (χ0v) is 11.6. The molecule has 0 radical (unpaired) electrons. The molecule has 0 bridgehead atoms. The molecule has 1 fully saturated rings. The van der Waals surface area contributed by atoms with Gasteiger partial charge in [0, 0.05) is 25.8 Å². The Balaban J connectivity index is 2.04. The lowest BCUT2D eigenvalue weighted by atomic mass is 9.89. The van der Waals surface area contributed by atoms with Crippen LogP contribution in [0.4, 0.5) is 5.82 Å². The molecule has 2 N–H and O–H groups in total. The molecule has 18 heavy (non-hydrogen) atoms. The van der Waals surface area contributed by atoms with E-state index in [9.17, 15) is 0 Å². The van der Waals surface area contributed by atoms with E-state index in [1.54, 1.807) is 0 Å². The van der Waals surface area contributed by atoms with Gasteiger partial charge in [0.05, 0.1) is 0 Å². The molecular weight excluding hydrogens is 222 g/mol. The first kappa shape index (κ1) is 13.3. The van der Waals surface area contributed by atoms with Gasteiger partial charge in [0.25, 0.3) is 0 Å². The molecule has 0 amide bonds. The van der Waals surface area contributed by atoms with Crippen molar-refractivity contribution in [2.75, 3.05) is 18.0 Å². The van der Waals surface area contributed by atoms with Crippen molar-refractivity contribution in [2.45, 2.75) is 39.7 Å². The fourth-order valence-corrected chi connectivity index (χ4v) is 2.78. The third-order valence-corrected chi connectivity index (χ3v) is 4.09. The molecule has 1 aromatic rings. The van der Waals surface area contributed by atoms with Crippen LogP contribution >= 0.6 is 0 Å². The summed E-state index contributed by atoms with van der Waals surface area (Å²) >= 11 is 0. The van der Waals surface area contributed by atoms with E-state index in [0.717, 1.165) is 30.7 Å². The summed E-state index contributed by atoms with van der Waals surface area (Å²) in [6.45, 7) is 7.54. The maximum absolute atomic E-state index is 5.69. The lowest BCUT2D eigenvalue weighted by Crippen LogP contribution is -2.25. The van der Waals surface area contributed by atoms with Crippen molar-refractivity contribution in [3.8, 4) is 0 Å². The number of anilines is 1. The van der Waals surface area contributed by atoms with Crippen LogP contribution in [0, 0.1) is 11.8 Å². The van der Waals surface area contributed by atoms with Crippen LogP contribution in [0.5, 0.6) is 0 Å². The van der Waals surface area contributed by atoms with Crippen molar-refractivity contribution < 1.29 is 0 Å². The number of nitrogens with two attached hydrogens (primary N) is 1. The highest BCUT2D eigenvalue weighted by molar-refractivity contribution is 5.41. The lowest BCUT2D eigenvalue weighted by molar-refractivity contribution is 0.351. The number of hydrogen-bond acceptors (Lipinski definition) is 3. The maximum atomic E-state index is 5.69. The van der Waals surface area contributed by atoms with E-state index in [-0.39, 0.29) is 0 Å². The Hall–Kier alpha value is -1.09. The van der Waals surface area contributed by atoms with Crippen molar-refractivity contribution in [3.05, 3.63) is 23.9 Å². The van der Waals surface area contributed by atoms with Gasteiger partial charge in [0.1, 0.15) is 5.82 Å². The Morgan fingerprint density at radius 3 is 2.94 bits per heavy atom. The van der Waals surface area contributed by atoms with Crippen LogP contribution in [-0.2, 0) is 6.54 Å². The van der Waals surface area contributed by atoms with Crippen LogP contribution in [0.1, 0.15) is 38.7 Å². The van der Waals surface area contributed by atoms with Gasteiger partial charge < -0.3 is 10.6 Å². The maximum Gasteiger partial charge on any atom is 0.128 e. The van der Waals surface area contributed by atoms with Crippen LogP contribution in [-0.4, -0.2) is 18.1 Å². The SMILES string of the molecule is CC(C)C1CCCN(c2cc(CN)ccn2)CC1. The summed E-state index contributed by atoms with van der Waals surface area (Å²) in [7, 11) is 0. The average Bonchev–Trinajstić information content (AvgIpc) is 2.64. The summed E-state index contributed by atoms with van der Waals surface area (Å²) in [4.78, 5) is 6.91. The minimum atomic E-state index is 0.595. The molecule has 2 heterocycles. The molecule has 3 heteroatoms. The molecule has 1 atom stereocenters. The topological polar surface area (TPSA) is 42.1 Å². The van der Waals surface area contributed by atoms with Gasteiger partial charge in [-0.2, -0.15) is 0 Å². The van der Waals surface area contributed by atoms with Crippen LogP contribution in [0.25, 0.3) is 0 Å². The number of nitrogens with zero attached hydrogens (tertiary/aromatic N) is 2. The van der Waals surface area contributed by atoms with E-state index in [2.05, 4.69) is 29.8 Å². The van der Waals surface area contributed by atoms with E-state index < -0.39 is 0 Å². The van der Waals surface area contributed by atoms with E-state index in [0.29, 0.717) is 6.54 Å². The normalized spacial score (nSPS) is 21.1. The second-order valence-electron chi connectivity index (χ2n) is 5.65. The standard InChI is InChI=1S/C15H25N3/c1-12(2)14-4-3-8-18(9-6-14)15-10-13(11-16)5-7-17-15/h5,7,10,12,14H,3-4,6,8-9,11,16H2,1-2H3. The van der Waals surface area contributed by atoms with Crippen LogP contribution < -0.4 is 10.6 Å². The molecule has 1 aliphatic heterocycles. The molecule has 100 valence electrons. The number of pyridine rings is 1. The second-order valence-corrected chi connectivity index (χ2v) is 5.65. The number of rotatable bonds is 3. The summed E-state index contributed by atoms with van der Waals surface area (Å²) in [5.41, 5.74) is 6.87. The molecule has 1 aliphatic rings. The Morgan fingerprint density at radius 2 is 2.22 bits per heavy atom. The van der Waals surface area contributed by atoms with E-state index in [1.807, 2.05) is 12.3 Å². The first-order chi connectivity index (χ1) is 8.70. The molecule has 1 unspecified atom stereocenters. The number of hydrogen-bond donors (Lipinski definition) is 1. The Morgan fingerprint density at radius 1 is 1.39 bits per heavy atom. The van der Waals surface area contributed by atoms with Gasteiger partial charge in [0.2, 0.25) is 0 Å². The first-order valence-corrected chi connectivity index (χ1v) is 7.10. The first-order valence-electron chi connectivity index (χ1n) is 7.10. The molecular formula is C15H25N3. The average molecular weight is 247 g/mol. The predicted octanol–water partition coefficient (Wildman–Crippen LogP) is 2.80. The summed E-state index contributed by atoms with van der Waals surface area (Å²) in [6.07, 6.45) is 5.79. The van der Waals surface area contributed by atoms with E-state index in [1.165, 1.54) is 24.8 Å². The molecule has 0 spiro atoms.